The van der Waals surface area contributed by atoms with Crippen LogP contribution in [-0.2, 0) is 4.74 Å². The first-order valence-electron chi connectivity index (χ1n) is 6.32. The van der Waals surface area contributed by atoms with Gasteiger partial charge in [-0.2, -0.15) is 0 Å². The van der Waals surface area contributed by atoms with Crippen LogP contribution in [0.3, 0.4) is 0 Å². The Morgan fingerprint density at radius 3 is 2.58 bits per heavy atom. The molecule has 0 spiro atoms. The van der Waals surface area contributed by atoms with E-state index in [0.29, 0.717) is 12.2 Å². The highest BCUT2D eigenvalue weighted by Crippen LogP contribution is 2.35. The van der Waals surface area contributed by atoms with Crippen molar-refractivity contribution in [1.29, 1.82) is 0 Å². The van der Waals surface area contributed by atoms with Crippen LogP contribution in [0.15, 0.2) is 48.5 Å². The van der Waals surface area contributed by atoms with E-state index in [4.69, 9.17) is 9.47 Å². The Hall–Kier alpha value is -2.29. The molecule has 96 valence electrons. The Kier molecular flexibility index (Phi) is 2.95. The molecule has 0 radical (unpaired) electrons. The molecule has 0 bridgehead atoms. The number of fused-ring (bicyclic) bond motifs is 1. The van der Waals surface area contributed by atoms with Gasteiger partial charge in [0.15, 0.2) is 6.10 Å². The van der Waals surface area contributed by atoms with Gasteiger partial charge in [0.05, 0.1) is 12.2 Å². The maximum absolute atomic E-state index is 11.8. The molecule has 2 aromatic carbocycles. The highest BCUT2D eigenvalue weighted by Gasteiger charge is 2.31. The molecule has 3 rings (SSSR count). The van der Waals surface area contributed by atoms with Crippen LogP contribution in [0.25, 0.3) is 0 Å². The number of esters is 1. The van der Waals surface area contributed by atoms with E-state index in [1.807, 2.05) is 49.4 Å². The zero-order valence-electron chi connectivity index (χ0n) is 10.6. The Balaban J connectivity index is 1.93. The Bertz CT molecular complexity index is 602. The van der Waals surface area contributed by atoms with E-state index in [-0.39, 0.29) is 12.1 Å². The summed E-state index contributed by atoms with van der Waals surface area (Å²) in [5.74, 6) is 0.568. The van der Waals surface area contributed by atoms with Crippen molar-refractivity contribution in [2.75, 3.05) is 6.61 Å². The van der Waals surface area contributed by atoms with Crippen molar-refractivity contribution in [2.24, 2.45) is 0 Å². The third kappa shape index (κ3) is 2.08. The molecule has 0 amide bonds. The Morgan fingerprint density at radius 1 is 1.11 bits per heavy atom. The average Bonchev–Trinajstić information content (AvgIpc) is 2.78. The molecule has 0 saturated heterocycles. The minimum Gasteiger partial charge on any atom is -0.494 e. The summed E-state index contributed by atoms with van der Waals surface area (Å²) in [4.78, 5) is 11.8. The van der Waals surface area contributed by atoms with Gasteiger partial charge in [-0.25, -0.2) is 4.79 Å². The average molecular weight is 254 g/mol. The smallest absolute Gasteiger partial charge is 0.339 e. The quantitative estimate of drug-likeness (QED) is 0.788. The lowest BCUT2D eigenvalue weighted by molar-refractivity contribution is 0.0456. The molecule has 0 aromatic heterocycles. The number of hydrogen-bond acceptors (Lipinski definition) is 3. The van der Waals surface area contributed by atoms with Crippen molar-refractivity contribution in [3.05, 3.63) is 65.2 Å². The molecule has 3 nitrogen and oxygen atoms in total. The summed E-state index contributed by atoms with van der Waals surface area (Å²) < 4.78 is 10.8. The first-order chi connectivity index (χ1) is 9.29. The van der Waals surface area contributed by atoms with Gasteiger partial charge in [0.25, 0.3) is 0 Å². The number of benzene rings is 2. The number of rotatable bonds is 3. The highest BCUT2D eigenvalue weighted by molar-refractivity contribution is 5.94. The van der Waals surface area contributed by atoms with Crippen molar-refractivity contribution in [3.63, 3.8) is 0 Å². The number of carbonyl (C=O) groups excluding carboxylic acids is 1. The van der Waals surface area contributed by atoms with Crippen molar-refractivity contribution in [1.82, 2.24) is 0 Å². The van der Waals surface area contributed by atoms with Crippen molar-refractivity contribution in [2.45, 2.75) is 13.0 Å². The van der Waals surface area contributed by atoms with Crippen molar-refractivity contribution >= 4 is 5.97 Å². The van der Waals surface area contributed by atoms with Crippen molar-refractivity contribution < 1.29 is 14.3 Å². The third-order valence-electron chi connectivity index (χ3n) is 3.18. The molecule has 2 aromatic rings. The number of ether oxygens (including phenoxy) is 2. The first-order valence-corrected chi connectivity index (χ1v) is 6.32. The van der Waals surface area contributed by atoms with Crippen LogP contribution in [0.2, 0.25) is 0 Å². The molecule has 1 atom stereocenters. The maximum Gasteiger partial charge on any atom is 0.339 e. The van der Waals surface area contributed by atoms with E-state index in [0.717, 1.165) is 16.9 Å². The van der Waals surface area contributed by atoms with Gasteiger partial charge >= 0.3 is 5.97 Å². The van der Waals surface area contributed by atoms with Crippen LogP contribution in [-0.4, -0.2) is 12.6 Å². The summed E-state index contributed by atoms with van der Waals surface area (Å²) in [6.45, 7) is 2.59. The fourth-order valence-corrected chi connectivity index (χ4v) is 2.30. The van der Waals surface area contributed by atoms with Crippen LogP contribution < -0.4 is 4.74 Å². The molecule has 1 aliphatic rings. The van der Waals surface area contributed by atoms with Gasteiger partial charge in [-0.1, -0.05) is 30.3 Å². The van der Waals surface area contributed by atoms with Gasteiger partial charge in [0.2, 0.25) is 0 Å². The van der Waals surface area contributed by atoms with E-state index in [1.165, 1.54) is 0 Å². The fraction of sp³-hybridized carbons (Fsp3) is 0.188. The zero-order chi connectivity index (χ0) is 13.2. The normalized spacial score (nSPS) is 16.9. The summed E-state index contributed by atoms with van der Waals surface area (Å²) in [7, 11) is 0. The Morgan fingerprint density at radius 2 is 1.84 bits per heavy atom. The van der Waals surface area contributed by atoms with Crippen LogP contribution in [0.1, 0.15) is 34.5 Å². The third-order valence-corrected chi connectivity index (χ3v) is 3.18. The number of hydrogen-bond donors (Lipinski definition) is 0. The van der Waals surface area contributed by atoms with Crippen LogP contribution in [0.4, 0.5) is 0 Å². The molecular formula is C16H14O3. The van der Waals surface area contributed by atoms with Crippen molar-refractivity contribution in [3.8, 4) is 5.75 Å². The van der Waals surface area contributed by atoms with Gasteiger partial charge in [0, 0.05) is 5.56 Å². The fourth-order valence-electron chi connectivity index (χ4n) is 2.30. The second-order valence-corrected chi connectivity index (χ2v) is 4.37. The van der Waals surface area contributed by atoms with Crippen LogP contribution in [0.5, 0.6) is 5.75 Å². The van der Waals surface area contributed by atoms with Gasteiger partial charge in [0.1, 0.15) is 5.75 Å². The molecule has 0 fully saturated rings. The topological polar surface area (TPSA) is 35.5 Å². The van der Waals surface area contributed by atoms with Gasteiger partial charge in [-0.3, -0.25) is 0 Å². The maximum atomic E-state index is 11.8. The van der Waals surface area contributed by atoms with Gasteiger partial charge < -0.3 is 9.47 Å². The van der Waals surface area contributed by atoms with E-state index >= 15 is 0 Å². The molecule has 0 saturated carbocycles. The van der Waals surface area contributed by atoms with E-state index < -0.39 is 0 Å². The standard InChI is InChI=1S/C16H14O3/c1-2-18-12-9-7-11(8-10-12)15-13-5-3-4-6-14(13)16(17)19-15/h3-10,15H,2H2,1H3. The minimum absolute atomic E-state index is 0.255. The lowest BCUT2D eigenvalue weighted by Gasteiger charge is -2.12. The number of cyclic esters (lactones) is 1. The molecule has 1 aliphatic heterocycles. The van der Waals surface area contributed by atoms with E-state index in [1.54, 1.807) is 6.07 Å². The highest BCUT2D eigenvalue weighted by atomic mass is 16.5. The molecule has 1 unspecified atom stereocenters. The first kappa shape index (κ1) is 11.8. The summed E-state index contributed by atoms with van der Waals surface area (Å²) >= 11 is 0. The molecule has 0 N–H and O–H groups in total. The van der Waals surface area contributed by atoms with Crippen LogP contribution >= 0.6 is 0 Å². The summed E-state index contributed by atoms with van der Waals surface area (Å²) in [5.41, 5.74) is 2.54. The zero-order valence-corrected chi connectivity index (χ0v) is 10.6. The predicted octanol–water partition coefficient (Wildman–Crippen LogP) is 3.35. The molecule has 3 heteroatoms. The lowest BCUT2D eigenvalue weighted by atomic mass is 9.99. The molecular weight excluding hydrogens is 240 g/mol. The lowest BCUT2D eigenvalue weighted by Crippen LogP contribution is -2.00. The summed E-state index contributed by atoms with van der Waals surface area (Å²) in [5, 5.41) is 0. The summed E-state index contributed by atoms with van der Waals surface area (Å²) in [6.07, 6.45) is -0.306. The Labute approximate surface area is 111 Å². The van der Waals surface area contributed by atoms with E-state index in [9.17, 15) is 4.79 Å². The second-order valence-electron chi connectivity index (χ2n) is 4.37. The van der Waals surface area contributed by atoms with Gasteiger partial charge in [-0.15, -0.1) is 0 Å². The minimum atomic E-state index is -0.306. The number of carbonyl (C=O) groups is 1. The van der Waals surface area contributed by atoms with Gasteiger partial charge in [-0.05, 0) is 30.7 Å². The molecule has 19 heavy (non-hydrogen) atoms. The van der Waals surface area contributed by atoms with Crippen LogP contribution in [0, 0.1) is 0 Å². The summed E-state index contributed by atoms with van der Waals surface area (Å²) in [6, 6.07) is 15.2. The molecule has 1 heterocycles. The second kappa shape index (κ2) is 4.76. The SMILES string of the molecule is CCOc1ccc(C2OC(=O)c3ccccc32)cc1. The largest absolute Gasteiger partial charge is 0.494 e. The monoisotopic (exact) mass is 254 g/mol. The predicted molar refractivity (Wildman–Crippen MR) is 71.3 cm³/mol. The molecule has 0 aliphatic carbocycles. The van der Waals surface area contributed by atoms with E-state index in [2.05, 4.69) is 0 Å².